The molecule has 0 spiro atoms. The first-order valence-corrected chi connectivity index (χ1v) is 5.96. The molecule has 0 atom stereocenters. The highest BCUT2D eigenvalue weighted by molar-refractivity contribution is 7.13. The van der Waals surface area contributed by atoms with E-state index < -0.39 is 17.2 Å². The van der Waals surface area contributed by atoms with Gasteiger partial charge in [0.15, 0.2) is 17.5 Å². The second-order valence-corrected chi connectivity index (χ2v) is 4.62. The van der Waals surface area contributed by atoms with Crippen LogP contribution in [-0.2, 0) is 0 Å². The van der Waals surface area contributed by atoms with Gasteiger partial charge in [0.1, 0.15) is 0 Å². The summed E-state index contributed by atoms with van der Waals surface area (Å²) in [5, 5.41) is 1.87. The second kappa shape index (κ2) is 3.99. The molecule has 1 N–H and O–H groups in total. The van der Waals surface area contributed by atoms with Crippen molar-refractivity contribution >= 4 is 22.2 Å². The minimum atomic E-state index is -1.06. The van der Waals surface area contributed by atoms with E-state index in [2.05, 4.69) is 9.97 Å². The van der Waals surface area contributed by atoms with E-state index in [1.165, 1.54) is 11.3 Å². The highest BCUT2D eigenvalue weighted by Crippen LogP contribution is 2.22. The van der Waals surface area contributed by atoms with Gasteiger partial charge in [0.2, 0.25) is 0 Å². The third-order valence-electron chi connectivity index (χ3n) is 2.50. The van der Waals surface area contributed by atoms with Crippen LogP contribution in [0.3, 0.4) is 0 Å². The molecule has 0 saturated heterocycles. The standard InChI is InChI=1S/C12H6F2N2OS/c13-7-4-6-9(5-8(7)14)15-11(16-12(6)17)10-2-1-3-18-10/h1-5H,(H,15,16,17). The van der Waals surface area contributed by atoms with Crippen molar-refractivity contribution in [3.63, 3.8) is 0 Å². The largest absolute Gasteiger partial charge is 0.305 e. The summed E-state index contributed by atoms with van der Waals surface area (Å²) in [4.78, 5) is 19.2. The third-order valence-corrected chi connectivity index (χ3v) is 3.38. The average Bonchev–Trinajstić information content (AvgIpc) is 2.85. The second-order valence-electron chi connectivity index (χ2n) is 3.68. The summed E-state index contributed by atoms with van der Waals surface area (Å²) in [6, 6.07) is 5.38. The zero-order valence-corrected chi connectivity index (χ0v) is 9.72. The number of hydrogen-bond donors (Lipinski definition) is 1. The molecule has 0 fully saturated rings. The van der Waals surface area contributed by atoms with Crippen molar-refractivity contribution in [2.45, 2.75) is 0 Å². The van der Waals surface area contributed by atoms with Crippen LogP contribution < -0.4 is 5.56 Å². The van der Waals surface area contributed by atoms with Crippen molar-refractivity contribution in [1.82, 2.24) is 9.97 Å². The molecule has 0 saturated carbocycles. The van der Waals surface area contributed by atoms with E-state index in [1.54, 1.807) is 6.07 Å². The summed E-state index contributed by atoms with van der Waals surface area (Å²) < 4.78 is 26.2. The van der Waals surface area contributed by atoms with Crippen molar-refractivity contribution in [3.8, 4) is 10.7 Å². The summed E-state index contributed by atoms with van der Waals surface area (Å²) in [7, 11) is 0. The first kappa shape index (κ1) is 11.0. The van der Waals surface area contributed by atoms with Gasteiger partial charge >= 0.3 is 0 Å². The minimum absolute atomic E-state index is 0.0363. The maximum atomic E-state index is 13.1. The highest BCUT2D eigenvalue weighted by Gasteiger charge is 2.10. The summed E-state index contributed by atoms with van der Waals surface area (Å²) in [6.07, 6.45) is 0. The lowest BCUT2D eigenvalue weighted by Crippen LogP contribution is -2.10. The van der Waals surface area contributed by atoms with Gasteiger partial charge < -0.3 is 4.98 Å². The lowest BCUT2D eigenvalue weighted by atomic mass is 10.2. The number of rotatable bonds is 1. The first-order chi connectivity index (χ1) is 8.65. The van der Waals surface area contributed by atoms with E-state index in [4.69, 9.17) is 0 Å². The number of hydrogen-bond acceptors (Lipinski definition) is 3. The minimum Gasteiger partial charge on any atom is -0.305 e. The zero-order valence-electron chi connectivity index (χ0n) is 8.91. The Kier molecular flexibility index (Phi) is 2.45. The Labute approximate surface area is 104 Å². The number of H-pyrrole nitrogens is 1. The smallest absolute Gasteiger partial charge is 0.259 e. The van der Waals surface area contributed by atoms with E-state index in [0.29, 0.717) is 5.82 Å². The summed E-state index contributed by atoms with van der Waals surface area (Å²) in [5.74, 6) is -1.72. The monoisotopic (exact) mass is 264 g/mol. The fourth-order valence-corrected chi connectivity index (χ4v) is 2.33. The van der Waals surface area contributed by atoms with Gasteiger partial charge in [-0.3, -0.25) is 4.79 Å². The molecule has 3 aromatic rings. The summed E-state index contributed by atoms with van der Waals surface area (Å²) >= 11 is 1.40. The molecule has 3 rings (SSSR count). The fourth-order valence-electron chi connectivity index (χ4n) is 1.66. The molecule has 0 aliphatic heterocycles. The van der Waals surface area contributed by atoms with Crippen molar-refractivity contribution < 1.29 is 8.78 Å². The van der Waals surface area contributed by atoms with Crippen LogP contribution in [0.25, 0.3) is 21.6 Å². The van der Waals surface area contributed by atoms with Crippen molar-refractivity contribution in [2.24, 2.45) is 0 Å². The molecule has 3 nitrogen and oxygen atoms in total. The first-order valence-electron chi connectivity index (χ1n) is 5.08. The van der Waals surface area contributed by atoms with Crippen LogP contribution in [-0.4, -0.2) is 9.97 Å². The fraction of sp³-hybridized carbons (Fsp3) is 0. The van der Waals surface area contributed by atoms with Gasteiger partial charge in [0.05, 0.1) is 15.8 Å². The van der Waals surface area contributed by atoms with Crippen molar-refractivity contribution in [2.75, 3.05) is 0 Å². The van der Waals surface area contributed by atoms with Crippen LogP contribution in [0.15, 0.2) is 34.4 Å². The summed E-state index contributed by atoms with van der Waals surface area (Å²) in [5.41, 5.74) is -0.344. The van der Waals surface area contributed by atoms with Crippen LogP contribution in [0.1, 0.15) is 0 Å². The number of aromatic nitrogens is 2. The van der Waals surface area contributed by atoms with E-state index in [0.717, 1.165) is 17.0 Å². The van der Waals surface area contributed by atoms with Crippen LogP contribution >= 0.6 is 11.3 Å². The van der Waals surface area contributed by atoms with E-state index >= 15 is 0 Å². The van der Waals surface area contributed by atoms with Crippen LogP contribution in [0.4, 0.5) is 8.78 Å². The maximum Gasteiger partial charge on any atom is 0.259 e. The Hall–Kier alpha value is -2.08. The number of halogens is 2. The topological polar surface area (TPSA) is 45.8 Å². The predicted molar refractivity (Wildman–Crippen MR) is 65.6 cm³/mol. The molecule has 18 heavy (non-hydrogen) atoms. The van der Waals surface area contributed by atoms with Gasteiger partial charge in [-0.2, -0.15) is 0 Å². The number of nitrogens with one attached hydrogen (secondary N) is 1. The number of nitrogens with zero attached hydrogens (tertiary/aromatic N) is 1. The quantitative estimate of drug-likeness (QED) is 0.734. The maximum absolute atomic E-state index is 13.1. The molecule has 6 heteroatoms. The number of benzene rings is 1. The Morgan fingerprint density at radius 2 is 2.00 bits per heavy atom. The Bertz CT molecular complexity index is 781. The molecule has 2 aromatic heterocycles. The molecule has 0 amide bonds. The molecule has 0 aliphatic carbocycles. The van der Waals surface area contributed by atoms with Gasteiger partial charge in [-0.05, 0) is 17.5 Å². The van der Waals surface area contributed by atoms with E-state index in [9.17, 15) is 13.6 Å². The van der Waals surface area contributed by atoms with Gasteiger partial charge in [-0.15, -0.1) is 11.3 Å². The van der Waals surface area contributed by atoms with Crippen LogP contribution in [0.2, 0.25) is 0 Å². The molecule has 1 aromatic carbocycles. The number of aromatic amines is 1. The van der Waals surface area contributed by atoms with Crippen molar-refractivity contribution in [3.05, 3.63) is 51.6 Å². The summed E-state index contributed by atoms with van der Waals surface area (Å²) in [6.45, 7) is 0. The Morgan fingerprint density at radius 1 is 1.22 bits per heavy atom. The lowest BCUT2D eigenvalue weighted by molar-refractivity contribution is 0.510. The SMILES string of the molecule is O=c1[nH]c(-c2cccs2)nc2cc(F)c(F)cc12. The molecule has 0 aliphatic rings. The molecule has 2 heterocycles. The zero-order chi connectivity index (χ0) is 12.7. The number of thiophene rings is 1. The van der Waals surface area contributed by atoms with E-state index in [-0.39, 0.29) is 10.9 Å². The van der Waals surface area contributed by atoms with E-state index in [1.807, 2.05) is 11.4 Å². The third kappa shape index (κ3) is 1.70. The van der Waals surface area contributed by atoms with Gasteiger partial charge in [0, 0.05) is 6.07 Å². The normalized spacial score (nSPS) is 11.0. The Morgan fingerprint density at radius 3 is 2.72 bits per heavy atom. The van der Waals surface area contributed by atoms with Gasteiger partial charge in [-0.25, -0.2) is 13.8 Å². The molecule has 0 unspecified atom stereocenters. The Balaban J connectivity index is 2.34. The molecular weight excluding hydrogens is 258 g/mol. The van der Waals surface area contributed by atoms with Crippen LogP contribution in [0, 0.1) is 11.6 Å². The molecule has 90 valence electrons. The van der Waals surface area contributed by atoms with Gasteiger partial charge in [-0.1, -0.05) is 6.07 Å². The molecule has 0 bridgehead atoms. The lowest BCUT2D eigenvalue weighted by Gasteiger charge is -2.01. The highest BCUT2D eigenvalue weighted by atomic mass is 32.1. The number of fused-ring (bicyclic) bond motifs is 1. The predicted octanol–water partition coefficient (Wildman–Crippen LogP) is 2.93. The molecular formula is C12H6F2N2OS. The van der Waals surface area contributed by atoms with Gasteiger partial charge in [0.25, 0.3) is 5.56 Å². The van der Waals surface area contributed by atoms with Crippen LogP contribution in [0.5, 0.6) is 0 Å². The molecule has 0 radical (unpaired) electrons. The van der Waals surface area contributed by atoms with Crippen molar-refractivity contribution in [1.29, 1.82) is 0 Å². The average molecular weight is 264 g/mol.